The maximum Gasteiger partial charge on any atom is 0.124 e. The van der Waals surface area contributed by atoms with Crippen molar-refractivity contribution in [3.8, 4) is 5.75 Å². The lowest BCUT2D eigenvalue weighted by atomic mass is 10.0. The van der Waals surface area contributed by atoms with E-state index < -0.39 is 0 Å². The third-order valence-corrected chi connectivity index (χ3v) is 4.85. The molecule has 0 aliphatic carbocycles. The molecule has 0 bridgehead atoms. The lowest BCUT2D eigenvalue weighted by molar-refractivity contribution is 0.302. The van der Waals surface area contributed by atoms with Crippen molar-refractivity contribution in [3.05, 3.63) is 107 Å². The lowest BCUT2D eigenvalue weighted by Crippen LogP contribution is -2.15. The summed E-state index contributed by atoms with van der Waals surface area (Å²) in [7, 11) is 0. The van der Waals surface area contributed by atoms with Crippen LogP contribution in [0, 0.1) is 0 Å². The van der Waals surface area contributed by atoms with E-state index in [0.717, 1.165) is 27.6 Å². The molecule has 4 heteroatoms. The highest BCUT2D eigenvalue weighted by molar-refractivity contribution is 6.30. The fourth-order valence-electron chi connectivity index (χ4n) is 3.24. The Morgan fingerprint density at radius 3 is 2.61 bits per heavy atom. The van der Waals surface area contributed by atoms with Gasteiger partial charge < -0.3 is 10.1 Å². The van der Waals surface area contributed by atoms with E-state index in [2.05, 4.69) is 40.6 Å². The van der Waals surface area contributed by atoms with Crippen LogP contribution in [0.25, 0.3) is 10.8 Å². The van der Waals surface area contributed by atoms with Crippen LogP contribution in [0.3, 0.4) is 0 Å². The van der Waals surface area contributed by atoms with Gasteiger partial charge in [-0.05, 0) is 46.7 Å². The highest BCUT2D eigenvalue weighted by atomic mass is 35.5. The summed E-state index contributed by atoms with van der Waals surface area (Å²) >= 11 is 6.09. The average Bonchev–Trinajstić information content (AvgIpc) is 2.74. The number of hydrogen-bond donors (Lipinski definition) is 1. The third-order valence-electron chi connectivity index (χ3n) is 4.62. The average molecular weight is 389 g/mol. The Morgan fingerprint density at radius 1 is 0.857 bits per heavy atom. The molecule has 0 unspecified atom stereocenters. The van der Waals surface area contributed by atoms with Crippen LogP contribution in [-0.2, 0) is 19.7 Å². The van der Waals surface area contributed by atoms with E-state index >= 15 is 0 Å². The maximum absolute atomic E-state index is 6.17. The molecule has 0 fully saturated rings. The van der Waals surface area contributed by atoms with E-state index in [4.69, 9.17) is 16.3 Å². The molecule has 0 aliphatic heterocycles. The van der Waals surface area contributed by atoms with Gasteiger partial charge in [0.1, 0.15) is 12.4 Å². The molecule has 0 spiro atoms. The zero-order valence-corrected chi connectivity index (χ0v) is 16.2. The SMILES string of the molecule is Clc1cccc(COc2ccc3ccccc3c2CNCc2ccccn2)c1. The van der Waals surface area contributed by atoms with Crippen molar-refractivity contribution < 1.29 is 4.74 Å². The van der Waals surface area contributed by atoms with Gasteiger partial charge in [0.05, 0.1) is 5.69 Å². The smallest absolute Gasteiger partial charge is 0.124 e. The number of nitrogens with zero attached hydrogens (tertiary/aromatic N) is 1. The number of hydrogen-bond acceptors (Lipinski definition) is 3. The first-order valence-corrected chi connectivity index (χ1v) is 9.66. The predicted molar refractivity (Wildman–Crippen MR) is 115 cm³/mol. The van der Waals surface area contributed by atoms with Crippen LogP contribution >= 0.6 is 11.6 Å². The first-order chi connectivity index (χ1) is 13.8. The minimum Gasteiger partial charge on any atom is -0.489 e. The summed E-state index contributed by atoms with van der Waals surface area (Å²) in [6, 6.07) is 26.2. The second kappa shape index (κ2) is 8.87. The van der Waals surface area contributed by atoms with Crippen LogP contribution in [0.15, 0.2) is 85.1 Å². The number of nitrogens with one attached hydrogen (secondary N) is 1. The molecule has 1 heterocycles. The largest absolute Gasteiger partial charge is 0.489 e. The molecule has 140 valence electrons. The van der Waals surface area contributed by atoms with Crippen molar-refractivity contribution >= 4 is 22.4 Å². The van der Waals surface area contributed by atoms with Gasteiger partial charge in [-0.25, -0.2) is 0 Å². The van der Waals surface area contributed by atoms with Gasteiger partial charge in [0, 0.05) is 29.9 Å². The van der Waals surface area contributed by atoms with E-state index in [9.17, 15) is 0 Å². The molecule has 0 radical (unpaired) electrons. The van der Waals surface area contributed by atoms with Gasteiger partial charge in [0.15, 0.2) is 0 Å². The third kappa shape index (κ3) is 4.50. The van der Waals surface area contributed by atoms with Gasteiger partial charge in [-0.1, -0.05) is 60.1 Å². The summed E-state index contributed by atoms with van der Waals surface area (Å²) in [5, 5.41) is 6.61. The summed E-state index contributed by atoms with van der Waals surface area (Å²) < 4.78 is 6.17. The first-order valence-electron chi connectivity index (χ1n) is 9.28. The van der Waals surface area contributed by atoms with E-state index in [-0.39, 0.29) is 0 Å². The topological polar surface area (TPSA) is 34.1 Å². The van der Waals surface area contributed by atoms with Crippen LogP contribution < -0.4 is 10.1 Å². The molecule has 0 saturated carbocycles. The molecule has 1 N–H and O–H groups in total. The van der Waals surface area contributed by atoms with E-state index in [1.54, 1.807) is 0 Å². The van der Waals surface area contributed by atoms with E-state index in [1.165, 1.54) is 10.8 Å². The maximum atomic E-state index is 6.17. The molecule has 4 aromatic rings. The number of aromatic nitrogens is 1. The monoisotopic (exact) mass is 388 g/mol. The molecule has 3 aromatic carbocycles. The highest BCUT2D eigenvalue weighted by Crippen LogP contribution is 2.29. The van der Waals surface area contributed by atoms with Crippen molar-refractivity contribution in [2.75, 3.05) is 0 Å². The molecule has 0 amide bonds. The first kappa shape index (κ1) is 18.5. The quantitative estimate of drug-likeness (QED) is 0.437. The molecule has 0 aliphatic rings. The second-order valence-corrected chi connectivity index (χ2v) is 7.04. The van der Waals surface area contributed by atoms with Gasteiger partial charge in [-0.15, -0.1) is 0 Å². The minimum absolute atomic E-state index is 0.478. The minimum atomic E-state index is 0.478. The number of rotatable bonds is 7. The van der Waals surface area contributed by atoms with Crippen molar-refractivity contribution in [1.82, 2.24) is 10.3 Å². The van der Waals surface area contributed by atoms with Crippen molar-refractivity contribution in [2.24, 2.45) is 0 Å². The number of fused-ring (bicyclic) bond motifs is 1. The Bertz CT molecular complexity index is 1070. The Hall–Kier alpha value is -2.88. The van der Waals surface area contributed by atoms with Gasteiger partial charge >= 0.3 is 0 Å². The van der Waals surface area contributed by atoms with Crippen molar-refractivity contribution in [1.29, 1.82) is 0 Å². The van der Waals surface area contributed by atoms with Crippen molar-refractivity contribution in [3.63, 3.8) is 0 Å². The summed E-state index contributed by atoms with van der Waals surface area (Å²) in [6.07, 6.45) is 1.81. The number of halogens is 1. The molecule has 4 rings (SSSR count). The fourth-order valence-corrected chi connectivity index (χ4v) is 3.45. The Balaban J connectivity index is 1.55. The predicted octanol–water partition coefficient (Wildman–Crippen LogP) is 5.76. The number of ether oxygens (including phenoxy) is 1. The van der Waals surface area contributed by atoms with E-state index in [0.29, 0.717) is 19.7 Å². The zero-order chi connectivity index (χ0) is 19.2. The molecular weight excluding hydrogens is 368 g/mol. The van der Waals surface area contributed by atoms with Crippen molar-refractivity contribution in [2.45, 2.75) is 19.7 Å². The number of benzene rings is 3. The summed E-state index contributed by atoms with van der Waals surface area (Å²) in [5.74, 6) is 0.882. The van der Waals surface area contributed by atoms with Crippen LogP contribution in [0.2, 0.25) is 5.02 Å². The standard InChI is InChI=1S/C24H21ClN2O/c25-20-8-5-6-18(14-20)17-28-24-12-11-19-7-1-2-10-22(19)23(24)16-26-15-21-9-3-4-13-27-21/h1-14,26H,15-17H2. The fraction of sp³-hybridized carbons (Fsp3) is 0.125. The van der Waals surface area contributed by atoms with E-state index in [1.807, 2.05) is 54.7 Å². The van der Waals surface area contributed by atoms with Gasteiger partial charge in [0.2, 0.25) is 0 Å². The summed E-state index contributed by atoms with van der Waals surface area (Å²) in [5.41, 5.74) is 3.22. The van der Waals surface area contributed by atoms with Gasteiger partial charge in [-0.2, -0.15) is 0 Å². The Kier molecular flexibility index (Phi) is 5.86. The van der Waals surface area contributed by atoms with Gasteiger partial charge in [-0.3, -0.25) is 4.98 Å². The normalized spacial score (nSPS) is 10.9. The zero-order valence-electron chi connectivity index (χ0n) is 15.4. The highest BCUT2D eigenvalue weighted by Gasteiger charge is 2.09. The van der Waals surface area contributed by atoms with Crippen LogP contribution in [0.1, 0.15) is 16.8 Å². The summed E-state index contributed by atoms with van der Waals surface area (Å²) in [4.78, 5) is 4.37. The number of pyridine rings is 1. The Labute approximate surface area is 170 Å². The lowest BCUT2D eigenvalue weighted by Gasteiger charge is -2.15. The summed E-state index contributed by atoms with van der Waals surface area (Å²) in [6.45, 7) is 1.88. The second-order valence-electron chi connectivity index (χ2n) is 6.61. The van der Waals surface area contributed by atoms with Gasteiger partial charge in [0.25, 0.3) is 0 Å². The van der Waals surface area contributed by atoms with Crippen LogP contribution in [0.4, 0.5) is 0 Å². The molecule has 0 atom stereocenters. The molecule has 0 saturated heterocycles. The molecule has 28 heavy (non-hydrogen) atoms. The Morgan fingerprint density at radius 2 is 1.75 bits per heavy atom. The molecular formula is C24H21ClN2O. The molecule has 1 aromatic heterocycles. The molecule has 3 nitrogen and oxygen atoms in total. The van der Waals surface area contributed by atoms with Crippen LogP contribution in [-0.4, -0.2) is 4.98 Å². The van der Waals surface area contributed by atoms with Crippen LogP contribution in [0.5, 0.6) is 5.75 Å².